The molecule has 1 N–H and O–H groups in total. The van der Waals surface area contributed by atoms with Crippen LogP contribution in [0, 0.1) is 0 Å². The maximum absolute atomic E-state index is 12.7. The van der Waals surface area contributed by atoms with Crippen molar-refractivity contribution < 1.29 is 38.2 Å². The fourth-order valence-electron chi connectivity index (χ4n) is 5.77. The van der Waals surface area contributed by atoms with Gasteiger partial charge in [-0.1, -0.05) is 143 Å². The van der Waals surface area contributed by atoms with Crippen molar-refractivity contribution in [1.82, 2.24) is 0 Å². The number of esters is 2. The number of allylic oxidation sites excluding steroid dienone is 16. The number of unbranched alkanes of at least 4 members (excludes halogenated alkanes) is 8. The summed E-state index contributed by atoms with van der Waals surface area (Å²) in [7, 11) is 5.49. The summed E-state index contributed by atoms with van der Waals surface area (Å²) >= 11 is 0. The molecule has 0 aliphatic rings. The molecule has 2 unspecified atom stereocenters. The second-order valence-electron chi connectivity index (χ2n) is 15.6. The smallest absolute Gasteiger partial charge is 0.362 e. The van der Waals surface area contributed by atoms with E-state index >= 15 is 0 Å². The summed E-state index contributed by atoms with van der Waals surface area (Å²) in [6, 6.07) is -0.631. The Kier molecular flexibility index (Phi) is 37.5. The van der Waals surface area contributed by atoms with Gasteiger partial charge in [0, 0.05) is 19.3 Å². The van der Waals surface area contributed by atoms with E-state index in [1.54, 1.807) is 0 Å². The Morgan fingerprint density at radius 2 is 0.983 bits per heavy atom. The Morgan fingerprint density at radius 1 is 0.534 bits per heavy atom. The lowest BCUT2D eigenvalue weighted by atomic mass is 10.1. The van der Waals surface area contributed by atoms with E-state index < -0.39 is 18.1 Å². The largest absolute Gasteiger partial charge is 0.477 e. The molecule has 0 saturated carbocycles. The van der Waals surface area contributed by atoms with Gasteiger partial charge in [-0.25, -0.2) is 4.79 Å². The zero-order chi connectivity index (χ0) is 42.8. The SMILES string of the molecule is CC/C=C/C/C=C/C/C=C/C/C=C/C/C=C/C/C=C/C/C=C/CCCC(=O)OC(COCCC(C(=O)O)[N+](C)(C)C)COC(=O)CCCCCCC/C=C/CCCC. The van der Waals surface area contributed by atoms with Crippen molar-refractivity contribution in [2.45, 2.75) is 161 Å². The molecule has 0 bridgehead atoms. The number of hydrogen-bond acceptors (Lipinski definition) is 6. The van der Waals surface area contributed by atoms with Gasteiger partial charge < -0.3 is 23.8 Å². The van der Waals surface area contributed by atoms with Gasteiger partial charge >= 0.3 is 17.9 Å². The number of nitrogens with zero attached hydrogens (tertiary/aromatic N) is 1. The second-order valence-corrected chi connectivity index (χ2v) is 15.6. The number of hydrogen-bond donors (Lipinski definition) is 1. The highest BCUT2D eigenvalue weighted by Crippen LogP contribution is 2.12. The van der Waals surface area contributed by atoms with Gasteiger partial charge in [0.15, 0.2) is 12.1 Å². The number of carbonyl (C=O) groups excluding carboxylic acids is 2. The predicted octanol–water partition coefficient (Wildman–Crippen LogP) is 12.3. The number of likely N-dealkylation sites (N-methyl/N-ethyl adjacent to an activating group) is 1. The lowest BCUT2D eigenvalue weighted by Gasteiger charge is -2.31. The molecule has 0 fully saturated rings. The van der Waals surface area contributed by atoms with Gasteiger partial charge in [0.2, 0.25) is 0 Å². The highest BCUT2D eigenvalue weighted by Gasteiger charge is 2.31. The number of ether oxygens (including phenoxy) is 3. The zero-order valence-corrected chi connectivity index (χ0v) is 37.2. The molecule has 0 radical (unpaired) electrons. The van der Waals surface area contributed by atoms with Crippen molar-refractivity contribution in [3.63, 3.8) is 0 Å². The van der Waals surface area contributed by atoms with Gasteiger partial charge in [0.25, 0.3) is 0 Å². The Morgan fingerprint density at radius 3 is 1.50 bits per heavy atom. The van der Waals surface area contributed by atoms with Crippen molar-refractivity contribution in [3.05, 3.63) is 97.2 Å². The molecule has 2 atom stereocenters. The summed E-state index contributed by atoms with van der Waals surface area (Å²) < 4.78 is 17.2. The predicted molar refractivity (Wildman–Crippen MR) is 243 cm³/mol. The standard InChI is InChI=1S/C50H81NO7/c1-6-8-10-12-14-16-18-19-20-21-22-23-24-25-26-27-28-29-31-33-35-37-39-41-49(53)58-46(44-56-43-42-47(50(54)55)51(3,4)5)45-57-48(52)40-38-36-34-32-30-17-15-13-11-9-7-2/h8,10,13-16,19-20,22-23,25-26,28-29,33,35,46-47H,6-7,9,11-12,17-18,21,24,27,30-32,34,36-45H2,1-5H3/p+1/b10-8+,15-13+,16-14+,20-19+,23-22+,26-25+,29-28+,35-33+. The Balaban J connectivity index is 4.45. The molecule has 8 nitrogen and oxygen atoms in total. The van der Waals surface area contributed by atoms with Crippen molar-refractivity contribution in [2.75, 3.05) is 41.0 Å². The topological polar surface area (TPSA) is 99.1 Å². The number of quaternary nitrogens is 1. The molecule has 0 aliphatic carbocycles. The highest BCUT2D eigenvalue weighted by molar-refractivity contribution is 5.72. The minimum atomic E-state index is -0.890. The summed E-state index contributed by atoms with van der Waals surface area (Å²) in [5.41, 5.74) is 0. The van der Waals surface area contributed by atoms with Crippen LogP contribution in [0.4, 0.5) is 0 Å². The van der Waals surface area contributed by atoms with E-state index in [4.69, 9.17) is 14.2 Å². The molecule has 0 amide bonds. The van der Waals surface area contributed by atoms with E-state index in [0.29, 0.717) is 19.3 Å². The monoisotopic (exact) mass is 809 g/mol. The fourth-order valence-corrected chi connectivity index (χ4v) is 5.77. The molecule has 0 rings (SSSR count). The molecule has 58 heavy (non-hydrogen) atoms. The number of carboxylic acid groups (broad SMARTS) is 1. The van der Waals surface area contributed by atoms with Crippen molar-refractivity contribution in [2.24, 2.45) is 0 Å². The first-order valence-electron chi connectivity index (χ1n) is 22.3. The second kappa shape index (κ2) is 40.0. The molecule has 328 valence electrons. The fraction of sp³-hybridized carbons (Fsp3) is 0.620. The summed E-state index contributed by atoms with van der Waals surface area (Å²) in [6.45, 7) is 4.49. The third kappa shape index (κ3) is 37.8. The first-order valence-corrected chi connectivity index (χ1v) is 22.3. The van der Waals surface area contributed by atoms with Crippen LogP contribution >= 0.6 is 0 Å². The van der Waals surface area contributed by atoms with Gasteiger partial charge in [-0.2, -0.15) is 0 Å². The molecular weight excluding hydrogens is 727 g/mol. The van der Waals surface area contributed by atoms with E-state index in [0.717, 1.165) is 89.9 Å². The van der Waals surface area contributed by atoms with Gasteiger partial charge in [-0.3, -0.25) is 9.59 Å². The van der Waals surface area contributed by atoms with Gasteiger partial charge in [0.05, 0.1) is 34.4 Å². The Hall–Kier alpha value is -3.75. The number of aliphatic carboxylic acids is 1. The number of carboxylic acids is 1. The number of rotatable bonds is 38. The first kappa shape index (κ1) is 54.2. The zero-order valence-electron chi connectivity index (χ0n) is 37.2. The molecular formula is C50H82NO7+. The van der Waals surface area contributed by atoms with Crippen molar-refractivity contribution in [1.29, 1.82) is 0 Å². The van der Waals surface area contributed by atoms with E-state index in [9.17, 15) is 19.5 Å². The van der Waals surface area contributed by atoms with Crippen LogP contribution in [0.25, 0.3) is 0 Å². The molecule has 0 spiro atoms. The molecule has 0 aromatic heterocycles. The molecule has 0 aromatic carbocycles. The van der Waals surface area contributed by atoms with Crippen molar-refractivity contribution >= 4 is 17.9 Å². The van der Waals surface area contributed by atoms with E-state index in [2.05, 4.69) is 111 Å². The normalized spacial score (nSPS) is 13.9. The minimum absolute atomic E-state index is 0.0290. The van der Waals surface area contributed by atoms with Crippen LogP contribution in [-0.2, 0) is 28.6 Å². The maximum Gasteiger partial charge on any atom is 0.362 e. The van der Waals surface area contributed by atoms with Crippen LogP contribution in [0.15, 0.2) is 97.2 Å². The molecule has 0 aliphatic heterocycles. The quantitative estimate of drug-likeness (QED) is 0.0287. The van der Waals surface area contributed by atoms with Crippen LogP contribution in [-0.4, -0.2) is 80.6 Å². The van der Waals surface area contributed by atoms with E-state index in [1.807, 2.05) is 21.1 Å². The average Bonchev–Trinajstić information content (AvgIpc) is 3.18. The summed E-state index contributed by atoms with van der Waals surface area (Å²) in [6.07, 6.45) is 53.2. The van der Waals surface area contributed by atoms with Crippen LogP contribution in [0.3, 0.4) is 0 Å². The third-order valence-electron chi connectivity index (χ3n) is 9.22. The molecule has 0 aromatic rings. The number of carbonyl (C=O) groups is 3. The van der Waals surface area contributed by atoms with Gasteiger partial charge in [0.1, 0.15) is 6.61 Å². The average molecular weight is 809 g/mol. The Bertz CT molecular complexity index is 1260. The van der Waals surface area contributed by atoms with Crippen LogP contribution in [0.2, 0.25) is 0 Å². The van der Waals surface area contributed by atoms with E-state index in [1.165, 1.54) is 19.3 Å². The summed E-state index contributed by atoms with van der Waals surface area (Å²) in [4.78, 5) is 36.9. The molecule has 0 saturated heterocycles. The van der Waals surface area contributed by atoms with Crippen LogP contribution in [0.5, 0.6) is 0 Å². The summed E-state index contributed by atoms with van der Waals surface area (Å²) in [5.74, 6) is -1.57. The lowest BCUT2D eigenvalue weighted by molar-refractivity contribution is -0.887. The van der Waals surface area contributed by atoms with Crippen LogP contribution < -0.4 is 0 Å². The first-order chi connectivity index (χ1) is 28.1. The summed E-state index contributed by atoms with van der Waals surface area (Å²) in [5, 5.41) is 9.61. The van der Waals surface area contributed by atoms with Crippen LogP contribution in [0.1, 0.15) is 149 Å². The van der Waals surface area contributed by atoms with E-state index in [-0.39, 0.29) is 42.7 Å². The molecule has 0 heterocycles. The third-order valence-corrected chi connectivity index (χ3v) is 9.22. The van der Waals surface area contributed by atoms with Gasteiger partial charge in [-0.15, -0.1) is 0 Å². The van der Waals surface area contributed by atoms with Crippen molar-refractivity contribution in [3.8, 4) is 0 Å². The lowest BCUT2D eigenvalue weighted by Crippen LogP contribution is -2.50. The molecule has 8 heteroatoms. The minimum Gasteiger partial charge on any atom is -0.477 e. The Labute approximate surface area is 354 Å². The van der Waals surface area contributed by atoms with Gasteiger partial charge in [-0.05, 0) is 83.5 Å². The maximum atomic E-state index is 12.7. The highest BCUT2D eigenvalue weighted by atomic mass is 16.6.